The second-order valence-electron chi connectivity index (χ2n) is 6.45. The average Bonchev–Trinajstić information content (AvgIpc) is 2.97. The van der Waals surface area contributed by atoms with Gasteiger partial charge in [-0.25, -0.2) is 0 Å². The molecule has 2 fully saturated rings. The van der Waals surface area contributed by atoms with E-state index in [1.54, 1.807) is 0 Å². The van der Waals surface area contributed by atoms with Crippen LogP contribution in [-0.2, 0) is 6.54 Å². The molecule has 1 aromatic rings. The summed E-state index contributed by atoms with van der Waals surface area (Å²) in [4.78, 5) is 2.52. The smallest absolute Gasteiger partial charge is 0.0764 e. The zero-order valence-electron chi connectivity index (χ0n) is 12.3. The van der Waals surface area contributed by atoms with Gasteiger partial charge < -0.3 is 0 Å². The summed E-state index contributed by atoms with van der Waals surface area (Å²) in [5.74, 6) is 1.55. The Balaban J connectivity index is 1.52. The predicted octanol–water partition coefficient (Wildman–Crippen LogP) is 3.84. The highest BCUT2D eigenvalue weighted by Crippen LogP contribution is 2.27. The molecule has 0 atom stereocenters. The molecule has 3 nitrogen and oxygen atoms in total. The van der Waals surface area contributed by atoms with Crippen LogP contribution in [0.3, 0.4) is 0 Å². The number of rotatable bonds is 4. The fourth-order valence-electron chi connectivity index (χ4n) is 3.54. The number of aromatic nitrogens is 2. The van der Waals surface area contributed by atoms with Crippen LogP contribution in [0.25, 0.3) is 0 Å². The number of piperidine rings is 1. The van der Waals surface area contributed by atoms with Gasteiger partial charge in [-0.05, 0) is 50.8 Å². The molecule has 112 valence electrons. The van der Waals surface area contributed by atoms with Gasteiger partial charge in [-0.1, -0.05) is 19.3 Å². The fourth-order valence-corrected chi connectivity index (χ4v) is 3.85. The van der Waals surface area contributed by atoms with Gasteiger partial charge in [-0.2, -0.15) is 5.10 Å². The van der Waals surface area contributed by atoms with Gasteiger partial charge in [0.05, 0.1) is 11.7 Å². The molecule has 0 amide bonds. The second-order valence-corrected chi connectivity index (χ2v) is 6.76. The molecule has 1 saturated heterocycles. The van der Waals surface area contributed by atoms with E-state index in [0.717, 1.165) is 18.3 Å². The number of halogens is 1. The van der Waals surface area contributed by atoms with Crippen molar-refractivity contribution in [3.63, 3.8) is 0 Å². The fraction of sp³-hybridized carbons (Fsp3) is 0.812. The molecular formula is C16H26ClN3. The van der Waals surface area contributed by atoms with Gasteiger partial charge in [-0.15, -0.1) is 11.6 Å². The van der Waals surface area contributed by atoms with Crippen molar-refractivity contribution in [3.8, 4) is 0 Å². The van der Waals surface area contributed by atoms with E-state index in [2.05, 4.69) is 21.8 Å². The highest BCUT2D eigenvalue weighted by atomic mass is 35.5. The molecular weight excluding hydrogens is 270 g/mol. The van der Waals surface area contributed by atoms with Gasteiger partial charge in [0, 0.05) is 18.6 Å². The van der Waals surface area contributed by atoms with Crippen molar-refractivity contribution in [3.05, 3.63) is 18.0 Å². The lowest BCUT2D eigenvalue weighted by Crippen LogP contribution is -2.33. The van der Waals surface area contributed by atoms with Crippen LogP contribution in [0.2, 0.25) is 0 Å². The van der Waals surface area contributed by atoms with Crippen LogP contribution in [0.4, 0.5) is 0 Å². The van der Waals surface area contributed by atoms with Crippen molar-refractivity contribution in [1.82, 2.24) is 14.7 Å². The third-order valence-corrected chi connectivity index (χ3v) is 5.36. The number of hydrogen-bond acceptors (Lipinski definition) is 2. The van der Waals surface area contributed by atoms with E-state index in [-0.39, 0.29) is 0 Å². The molecule has 0 radical (unpaired) electrons. The molecule has 0 spiro atoms. The molecule has 1 aliphatic carbocycles. The second kappa shape index (κ2) is 6.95. The summed E-state index contributed by atoms with van der Waals surface area (Å²) < 4.78 is 2.22. The molecule has 0 bridgehead atoms. The summed E-state index contributed by atoms with van der Waals surface area (Å²) >= 11 is 5.94. The summed E-state index contributed by atoms with van der Waals surface area (Å²) in [6.45, 7) is 3.36. The lowest BCUT2D eigenvalue weighted by atomic mass is 9.96. The Bertz CT molecular complexity index is 404. The largest absolute Gasteiger partial charge is 0.297 e. The van der Waals surface area contributed by atoms with E-state index in [1.165, 1.54) is 63.7 Å². The van der Waals surface area contributed by atoms with Crippen LogP contribution in [0.1, 0.15) is 56.7 Å². The van der Waals surface area contributed by atoms with Crippen LogP contribution in [0.5, 0.6) is 0 Å². The summed E-state index contributed by atoms with van der Waals surface area (Å²) in [5.41, 5.74) is 1.24. The Labute approximate surface area is 127 Å². The Kier molecular flexibility index (Phi) is 5.00. The van der Waals surface area contributed by atoms with Crippen molar-refractivity contribution >= 4 is 11.6 Å². The molecule has 1 saturated carbocycles. The maximum Gasteiger partial charge on any atom is 0.0764 e. The van der Waals surface area contributed by atoms with E-state index >= 15 is 0 Å². The van der Waals surface area contributed by atoms with Crippen LogP contribution in [-0.4, -0.2) is 33.6 Å². The van der Waals surface area contributed by atoms with Crippen molar-refractivity contribution in [1.29, 1.82) is 0 Å². The third-order valence-electron chi connectivity index (χ3n) is 4.92. The van der Waals surface area contributed by atoms with Gasteiger partial charge in [-0.3, -0.25) is 9.58 Å². The minimum atomic E-state index is 0.652. The molecule has 3 rings (SSSR count). The Hall–Kier alpha value is -0.540. The topological polar surface area (TPSA) is 21.1 Å². The van der Waals surface area contributed by atoms with Crippen molar-refractivity contribution in [2.45, 2.75) is 57.5 Å². The van der Waals surface area contributed by atoms with Gasteiger partial charge in [0.15, 0.2) is 0 Å². The number of alkyl halides is 1. The lowest BCUT2D eigenvalue weighted by Gasteiger charge is -2.30. The molecule has 0 aromatic carbocycles. The van der Waals surface area contributed by atoms with Crippen LogP contribution in [0, 0.1) is 5.92 Å². The molecule has 2 heterocycles. The van der Waals surface area contributed by atoms with Crippen molar-refractivity contribution in [2.75, 3.05) is 19.0 Å². The molecule has 1 aromatic heterocycles. The summed E-state index contributed by atoms with van der Waals surface area (Å²) in [5, 5.41) is 4.82. The van der Waals surface area contributed by atoms with E-state index in [0.29, 0.717) is 6.04 Å². The van der Waals surface area contributed by atoms with Gasteiger partial charge in [0.1, 0.15) is 0 Å². The highest BCUT2D eigenvalue weighted by Gasteiger charge is 2.20. The molecule has 20 heavy (non-hydrogen) atoms. The predicted molar refractivity (Wildman–Crippen MR) is 83.1 cm³/mol. The van der Waals surface area contributed by atoms with Crippen molar-refractivity contribution in [2.24, 2.45) is 5.92 Å². The highest BCUT2D eigenvalue weighted by molar-refractivity contribution is 6.18. The number of nitrogens with zero attached hydrogens (tertiary/aromatic N) is 3. The maximum atomic E-state index is 5.94. The van der Waals surface area contributed by atoms with Gasteiger partial charge in [0.2, 0.25) is 0 Å². The van der Waals surface area contributed by atoms with E-state index in [1.807, 2.05) is 0 Å². The van der Waals surface area contributed by atoms with Crippen LogP contribution in [0.15, 0.2) is 12.3 Å². The zero-order chi connectivity index (χ0) is 13.8. The molecule has 0 unspecified atom stereocenters. The van der Waals surface area contributed by atoms with E-state index < -0.39 is 0 Å². The molecule has 1 aliphatic heterocycles. The standard InChI is InChI=1S/C16H26ClN3/c17-12-14-6-9-19(10-7-14)13-15-8-11-20(18-15)16-4-2-1-3-5-16/h8,11,14,16H,1-7,9-10,12-13H2. The first-order valence-electron chi connectivity index (χ1n) is 8.17. The minimum absolute atomic E-state index is 0.652. The SMILES string of the molecule is ClCC1CCN(Cc2ccn(C3CCCCC3)n2)CC1. The average molecular weight is 296 g/mol. The third kappa shape index (κ3) is 3.56. The Morgan fingerprint density at radius 3 is 2.55 bits per heavy atom. The number of hydrogen-bond donors (Lipinski definition) is 0. The Morgan fingerprint density at radius 2 is 1.85 bits per heavy atom. The monoisotopic (exact) mass is 295 g/mol. The quantitative estimate of drug-likeness (QED) is 0.787. The van der Waals surface area contributed by atoms with Crippen molar-refractivity contribution < 1.29 is 0 Å². The number of likely N-dealkylation sites (tertiary alicyclic amines) is 1. The maximum absolute atomic E-state index is 5.94. The molecule has 4 heteroatoms. The molecule has 0 N–H and O–H groups in total. The summed E-state index contributed by atoms with van der Waals surface area (Å²) in [6, 6.07) is 2.86. The van der Waals surface area contributed by atoms with Crippen LogP contribution < -0.4 is 0 Å². The normalized spacial score (nSPS) is 23.2. The minimum Gasteiger partial charge on any atom is -0.297 e. The van der Waals surface area contributed by atoms with Gasteiger partial charge >= 0.3 is 0 Å². The summed E-state index contributed by atoms with van der Waals surface area (Å²) in [6.07, 6.45) is 11.4. The molecule has 2 aliphatic rings. The first-order valence-corrected chi connectivity index (χ1v) is 8.71. The summed E-state index contributed by atoms with van der Waals surface area (Å²) in [7, 11) is 0. The van der Waals surface area contributed by atoms with E-state index in [9.17, 15) is 0 Å². The zero-order valence-corrected chi connectivity index (χ0v) is 13.1. The first kappa shape index (κ1) is 14.4. The van der Waals surface area contributed by atoms with E-state index in [4.69, 9.17) is 16.7 Å². The van der Waals surface area contributed by atoms with Crippen LogP contribution >= 0.6 is 11.6 Å². The first-order chi connectivity index (χ1) is 9.85. The Morgan fingerprint density at radius 1 is 1.10 bits per heavy atom. The van der Waals surface area contributed by atoms with Gasteiger partial charge in [0.25, 0.3) is 0 Å². The lowest BCUT2D eigenvalue weighted by molar-refractivity contribution is 0.184.